The molecule has 0 bridgehead atoms. The van der Waals surface area contributed by atoms with E-state index < -0.39 is 10.0 Å². The topological polar surface area (TPSA) is 92.4 Å². The van der Waals surface area contributed by atoms with Crippen LogP contribution in [0.15, 0.2) is 77.5 Å². The van der Waals surface area contributed by atoms with Gasteiger partial charge in [-0.2, -0.15) is 0 Å². The van der Waals surface area contributed by atoms with E-state index in [9.17, 15) is 8.42 Å². The molecule has 8 nitrogen and oxygen atoms in total. The van der Waals surface area contributed by atoms with Crippen LogP contribution in [-0.2, 0) is 16.6 Å². The molecule has 0 saturated carbocycles. The maximum absolute atomic E-state index is 11.6. The summed E-state index contributed by atoms with van der Waals surface area (Å²) in [5.74, 6) is 0.885. The lowest BCUT2D eigenvalue weighted by atomic mass is 9.96. The monoisotopic (exact) mass is 521 g/mol. The third-order valence-corrected chi connectivity index (χ3v) is 7.29. The summed E-state index contributed by atoms with van der Waals surface area (Å²) in [6.45, 7) is 4.83. The molecule has 0 radical (unpaired) electrons. The molecule has 2 atom stereocenters. The molecule has 10 heteroatoms. The summed E-state index contributed by atoms with van der Waals surface area (Å²) >= 11 is 5.83. The van der Waals surface area contributed by atoms with Gasteiger partial charge in [-0.25, -0.2) is 8.42 Å². The number of nitrogens with one attached hydrogen (secondary N) is 2. The van der Waals surface area contributed by atoms with Crippen molar-refractivity contribution < 1.29 is 12.8 Å². The van der Waals surface area contributed by atoms with Crippen LogP contribution in [0.2, 0.25) is 0 Å². The smallest absolute Gasteiger partial charge is 0.229 e. The molecule has 2 N–H and O–H groups in total. The van der Waals surface area contributed by atoms with Gasteiger partial charge in [0, 0.05) is 29.0 Å². The second kappa shape index (κ2) is 9.44. The number of aryl methyl sites for hydroxylation is 1. The minimum atomic E-state index is -3.37. The van der Waals surface area contributed by atoms with E-state index in [1.165, 1.54) is 0 Å². The third kappa shape index (κ3) is 4.74. The van der Waals surface area contributed by atoms with Gasteiger partial charge >= 0.3 is 0 Å². The molecular formula is C26H27N5O3S2. The van der Waals surface area contributed by atoms with E-state index >= 15 is 0 Å². The Labute approximate surface area is 216 Å². The number of pyridine rings is 1. The van der Waals surface area contributed by atoms with Crippen LogP contribution in [0, 0.1) is 13.8 Å². The Morgan fingerprint density at radius 3 is 2.53 bits per heavy atom. The van der Waals surface area contributed by atoms with E-state index in [1.807, 2.05) is 42.5 Å². The van der Waals surface area contributed by atoms with Crippen molar-refractivity contribution in [2.45, 2.75) is 32.5 Å². The van der Waals surface area contributed by atoms with Gasteiger partial charge in [0.2, 0.25) is 10.0 Å². The number of hydrogen-bond acceptors (Lipinski definition) is 5. The quantitative estimate of drug-likeness (QED) is 0.341. The molecule has 0 amide bonds. The number of anilines is 2. The Morgan fingerprint density at radius 2 is 1.89 bits per heavy atom. The average molecular weight is 522 g/mol. The lowest BCUT2D eigenvalue weighted by molar-refractivity contribution is 0.488. The van der Waals surface area contributed by atoms with Crippen molar-refractivity contribution in [3.8, 4) is 0 Å². The minimum absolute atomic E-state index is 0.169. The summed E-state index contributed by atoms with van der Waals surface area (Å²) in [6.07, 6.45) is 4.60. The van der Waals surface area contributed by atoms with Crippen molar-refractivity contribution >= 4 is 38.7 Å². The van der Waals surface area contributed by atoms with Crippen molar-refractivity contribution in [2.75, 3.05) is 15.9 Å². The first-order valence-corrected chi connectivity index (χ1v) is 13.8. The van der Waals surface area contributed by atoms with Crippen molar-refractivity contribution in [1.82, 2.24) is 14.9 Å². The van der Waals surface area contributed by atoms with Gasteiger partial charge in [0.1, 0.15) is 5.76 Å². The van der Waals surface area contributed by atoms with Crippen LogP contribution in [-0.4, -0.2) is 29.3 Å². The first-order valence-electron chi connectivity index (χ1n) is 11.5. The van der Waals surface area contributed by atoms with Gasteiger partial charge in [-0.05, 0) is 86.2 Å². The van der Waals surface area contributed by atoms with Gasteiger partial charge < -0.3 is 19.2 Å². The molecule has 1 aromatic carbocycles. The molecule has 3 aromatic heterocycles. The summed E-state index contributed by atoms with van der Waals surface area (Å²) in [7, 11) is -3.37. The second-order valence-corrected chi connectivity index (χ2v) is 11.0. The Balaban J connectivity index is 1.58. The third-order valence-electron chi connectivity index (χ3n) is 6.37. The van der Waals surface area contributed by atoms with Crippen LogP contribution in [0.4, 0.5) is 11.4 Å². The van der Waals surface area contributed by atoms with E-state index in [2.05, 4.69) is 44.4 Å². The van der Waals surface area contributed by atoms with Crippen molar-refractivity contribution in [3.05, 3.63) is 102 Å². The molecule has 186 valence electrons. The predicted octanol–water partition coefficient (Wildman–Crippen LogP) is 4.69. The highest BCUT2D eigenvalue weighted by Crippen LogP contribution is 2.43. The zero-order valence-electron chi connectivity index (χ0n) is 20.2. The van der Waals surface area contributed by atoms with E-state index in [0.717, 1.165) is 40.3 Å². The zero-order valence-corrected chi connectivity index (χ0v) is 21.8. The Hall–Kier alpha value is -3.63. The van der Waals surface area contributed by atoms with Gasteiger partial charge in [-0.1, -0.05) is 6.07 Å². The molecule has 4 heterocycles. The zero-order chi connectivity index (χ0) is 25.4. The summed E-state index contributed by atoms with van der Waals surface area (Å²) in [4.78, 5) is 6.71. The molecule has 1 aliphatic heterocycles. The van der Waals surface area contributed by atoms with Gasteiger partial charge in [-0.15, -0.1) is 0 Å². The standard InChI is InChI=1S/C26H27N5O3S2/c1-17-15-22(18(2)30(17)16-21-7-6-14-34-21)25-24(23-8-4-5-13-27-23)28-26(35)31(25)20-11-9-19(10-12-20)29-36(3,32)33/h4-15,24-25,29H,16H2,1-3H3,(H,28,35)/t24-,25-/m0/s1. The Morgan fingerprint density at radius 1 is 1.11 bits per heavy atom. The molecule has 0 unspecified atom stereocenters. The summed E-state index contributed by atoms with van der Waals surface area (Å²) in [5, 5.41) is 4.06. The Kier molecular flexibility index (Phi) is 6.31. The maximum atomic E-state index is 11.6. The summed E-state index contributed by atoms with van der Waals surface area (Å²) in [5.41, 5.74) is 5.59. The molecule has 5 rings (SSSR count). The highest BCUT2D eigenvalue weighted by atomic mass is 32.2. The van der Waals surface area contributed by atoms with E-state index in [4.69, 9.17) is 16.6 Å². The highest BCUT2D eigenvalue weighted by molar-refractivity contribution is 7.92. The van der Waals surface area contributed by atoms with Crippen LogP contribution in [0.25, 0.3) is 0 Å². The fourth-order valence-corrected chi connectivity index (χ4v) is 5.69. The van der Waals surface area contributed by atoms with Crippen LogP contribution in [0.3, 0.4) is 0 Å². The molecule has 1 saturated heterocycles. The molecule has 0 spiro atoms. The lowest BCUT2D eigenvalue weighted by Gasteiger charge is -2.28. The highest BCUT2D eigenvalue weighted by Gasteiger charge is 2.42. The van der Waals surface area contributed by atoms with Gasteiger partial charge in [0.05, 0.1) is 36.8 Å². The fourth-order valence-electron chi connectivity index (χ4n) is 4.78. The molecule has 36 heavy (non-hydrogen) atoms. The van der Waals surface area contributed by atoms with Gasteiger partial charge in [0.15, 0.2) is 5.11 Å². The number of aromatic nitrogens is 2. The number of furan rings is 1. The number of hydrogen-bond donors (Lipinski definition) is 2. The largest absolute Gasteiger partial charge is 0.467 e. The molecule has 0 aliphatic carbocycles. The number of thiocarbonyl (C=S) groups is 1. The van der Waals surface area contributed by atoms with Crippen LogP contribution in [0.5, 0.6) is 0 Å². The Bertz CT molecular complexity index is 1480. The number of sulfonamides is 1. The normalized spacial score (nSPS) is 17.9. The minimum Gasteiger partial charge on any atom is -0.467 e. The number of rotatable bonds is 7. The predicted molar refractivity (Wildman–Crippen MR) is 145 cm³/mol. The van der Waals surface area contributed by atoms with Crippen molar-refractivity contribution in [2.24, 2.45) is 0 Å². The first kappa shape index (κ1) is 24.1. The van der Waals surface area contributed by atoms with E-state index in [1.54, 1.807) is 24.6 Å². The molecule has 1 aliphatic rings. The first-order chi connectivity index (χ1) is 17.2. The van der Waals surface area contributed by atoms with Crippen LogP contribution < -0.4 is 14.9 Å². The van der Waals surface area contributed by atoms with E-state index in [-0.39, 0.29) is 12.1 Å². The van der Waals surface area contributed by atoms with E-state index in [0.29, 0.717) is 17.3 Å². The molecule has 4 aromatic rings. The van der Waals surface area contributed by atoms with Crippen molar-refractivity contribution in [3.63, 3.8) is 0 Å². The number of nitrogens with zero attached hydrogens (tertiary/aromatic N) is 3. The average Bonchev–Trinajstić information content (AvgIpc) is 3.54. The van der Waals surface area contributed by atoms with Gasteiger partial charge in [-0.3, -0.25) is 9.71 Å². The SMILES string of the molecule is Cc1cc([C@H]2[C@H](c3ccccn3)NC(=S)N2c2ccc(NS(C)(=O)=O)cc2)c(C)n1Cc1ccco1. The van der Waals surface area contributed by atoms with Crippen LogP contribution in [0.1, 0.15) is 40.5 Å². The maximum Gasteiger partial charge on any atom is 0.229 e. The van der Waals surface area contributed by atoms with Gasteiger partial charge in [0.25, 0.3) is 0 Å². The molecular weight excluding hydrogens is 494 g/mol. The van der Waals surface area contributed by atoms with Crippen LogP contribution >= 0.6 is 12.2 Å². The summed E-state index contributed by atoms with van der Waals surface area (Å²) < 4.78 is 33.6. The summed E-state index contributed by atoms with van der Waals surface area (Å²) in [6, 6.07) is 18.8. The lowest BCUT2D eigenvalue weighted by Crippen LogP contribution is -2.29. The second-order valence-electron chi connectivity index (χ2n) is 8.91. The fraction of sp³-hybridized carbons (Fsp3) is 0.231. The number of benzene rings is 1. The molecule has 1 fully saturated rings. The van der Waals surface area contributed by atoms with Crippen molar-refractivity contribution in [1.29, 1.82) is 0 Å².